The third kappa shape index (κ3) is 2.73. The standard InChI is InChI=1S/C17H15NO3S/c1-10(18-21-11(2)19)12-7-8-16-14(9-12)17(20)13-5-3-4-6-15(13)22-16/h3-9,11,19H,1-2H3/b18-10+. The van der Waals surface area contributed by atoms with E-state index in [0.29, 0.717) is 11.1 Å². The number of hydrogen-bond acceptors (Lipinski definition) is 5. The van der Waals surface area contributed by atoms with Gasteiger partial charge >= 0.3 is 0 Å². The van der Waals surface area contributed by atoms with Gasteiger partial charge in [0.05, 0.1) is 5.71 Å². The van der Waals surface area contributed by atoms with E-state index >= 15 is 0 Å². The summed E-state index contributed by atoms with van der Waals surface area (Å²) < 4.78 is 1.92. The molecular weight excluding hydrogens is 298 g/mol. The summed E-state index contributed by atoms with van der Waals surface area (Å²) >= 11 is 1.59. The number of oxime groups is 1. The Morgan fingerprint density at radius 2 is 1.91 bits per heavy atom. The molecular formula is C17H15NO3S. The van der Waals surface area contributed by atoms with Gasteiger partial charge in [0.1, 0.15) is 0 Å². The van der Waals surface area contributed by atoms with Crippen molar-refractivity contribution in [2.45, 2.75) is 20.1 Å². The molecule has 1 unspecified atom stereocenters. The van der Waals surface area contributed by atoms with E-state index in [4.69, 9.17) is 9.94 Å². The fourth-order valence-electron chi connectivity index (χ4n) is 2.24. The molecule has 0 saturated carbocycles. The fourth-order valence-corrected chi connectivity index (χ4v) is 3.29. The zero-order valence-electron chi connectivity index (χ0n) is 12.2. The summed E-state index contributed by atoms with van der Waals surface area (Å²) in [5, 5.41) is 14.4. The molecule has 112 valence electrons. The average Bonchev–Trinajstić information content (AvgIpc) is 2.52. The average molecular weight is 313 g/mol. The van der Waals surface area contributed by atoms with Gasteiger partial charge < -0.3 is 9.94 Å². The van der Waals surface area contributed by atoms with Crippen LogP contribution in [0.15, 0.2) is 52.4 Å². The van der Waals surface area contributed by atoms with E-state index in [-0.39, 0.29) is 5.43 Å². The van der Waals surface area contributed by atoms with Crippen LogP contribution in [-0.2, 0) is 4.84 Å². The van der Waals surface area contributed by atoms with Crippen LogP contribution in [0.4, 0.5) is 0 Å². The van der Waals surface area contributed by atoms with Crippen LogP contribution in [0.3, 0.4) is 0 Å². The van der Waals surface area contributed by atoms with Crippen LogP contribution in [0.5, 0.6) is 0 Å². The van der Waals surface area contributed by atoms with Gasteiger partial charge in [0.25, 0.3) is 0 Å². The lowest BCUT2D eigenvalue weighted by molar-refractivity contribution is -0.0836. The SMILES string of the molecule is C/C(=N\OC(C)O)c1ccc2sc3ccccc3c(=O)c2c1. The molecule has 3 rings (SSSR count). The summed E-state index contributed by atoms with van der Waals surface area (Å²) in [5.41, 5.74) is 1.43. The van der Waals surface area contributed by atoms with E-state index in [9.17, 15) is 4.79 Å². The molecule has 2 aromatic carbocycles. The zero-order valence-corrected chi connectivity index (χ0v) is 13.1. The molecule has 3 aromatic rings. The van der Waals surface area contributed by atoms with Crippen molar-refractivity contribution >= 4 is 37.2 Å². The van der Waals surface area contributed by atoms with E-state index in [2.05, 4.69) is 5.16 Å². The molecule has 0 spiro atoms. The van der Waals surface area contributed by atoms with Crippen molar-refractivity contribution in [1.82, 2.24) is 0 Å². The Bertz CT molecular complexity index is 928. The van der Waals surface area contributed by atoms with Gasteiger partial charge in [0, 0.05) is 27.1 Å². The van der Waals surface area contributed by atoms with E-state index in [1.807, 2.05) is 42.5 Å². The Morgan fingerprint density at radius 3 is 2.68 bits per heavy atom. The minimum atomic E-state index is -0.961. The summed E-state index contributed by atoms with van der Waals surface area (Å²) in [5.74, 6) is 0. The largest absolute Gasteiger partial charge is 0.364 e. The highest BCUT2D eigenvalue weighted by atomic mass is 32.1. The smallest absolute Gasteiger partial charge is 0.221 e. The molecule has 22 heavy (non-hydrogen) atoms. The first-order chi connectivity index (χ1) is 10.6. The summed E-state index contributed by atoms with van der Waals surface area (Å²) in [6, 6.07) is 13.3. The molecule has 0 fully saturated rings. The van der Waals surface area contributed by atoms with Gasteiger partial charge in [0.15, 0.2) is 5.43 Å². The molecule has 1 heterocycles. The van der Waals surface area contributed by atoms with E-state index in [1.165, 1.54) is 6.92 Å². The fraction of sp³-hybridized carbons (Fsp3) is 0.176. The maximum absolute atomic E-state index is 12.6. The van der Waals surface area contributed by atoms with Gasteiger partial charge in [-0.25, -0.2) is 0 Å². The highest BCUT2D eigenvalue weighted by Gasteiger charge is 2.08. The Morgan fingerprint density at radius 1 is 1.18 bits per heavy atom. The molecule has 0 aliphatic carbocycles. The van der Waals surface area contributed by atoms with Crippen LogP contribution < -0.4 is 5.43 Å². The number of nitrogens with zero attached hydrogens (tertiary/aromatic N) is 1. The normalized spacial score (nSPS) is 13.5. The number of rotatable bonds is 3. The molecule has 0 aliphatic rings. The minimum Gasteiger partial charge on any atom is -0.364 e. The molecule has 1 N–H and O–H groups in total. The lowest BCUT2D eigenvalue weighted by atomic mass is 10.1. The van der Waals surface area contributed by atoms with Crippen molar-refractivity contribution in [3.05, 3.63) is 58.3 Å². The van der Waals surface area contributed by atoms with Crippen molar-refractivity contribution < 1.29 is 9.94 Å². The molecule has 0 aliphatic heterocycles. The predicted molar refractivity (Wildman–Crippen MR) is 90.6 cm³/mol. The second kappa shape index (κ2) is 5.87. The Labute approximate surface area is 131 Å². The highest BCUT2D eigenvalue weighted by Crippen LogP contribution is 2.25. The maximum atomic E-state index is 12.6. The Kier molecular flexibility index (Phi) is 3.92. The zero-order chi connectivity index (χ0) is 15.7. The molecule has 4 nitrogen and oxygen atoms in total. The van der Waals surface area contributed by atoms with Crippen molar-refractivity contribution in [2.24, 2.45) is 5.16 Å². The first kappa shape index (κ1) is 14.7. The molecule has 1 atom stereocenters. The van der Waals surface area contributed by atoms with Crippen LogP contribution >= 0.6 is 11.3 Å². The highest BCUT2D eigenvalue weighted by molar-refractivity contribution is 7.24. The molecule has 0 amide bonds. The summed E-state index contributed by atoms with van der Waals surface area (Å²) in [6.45, 7) is 3.26. The molecule has 0 bridgehead atoms. The van der Waals surface area contributed by atoms with E-state index < -0.39 is 6.29 Å². The van der Waals surface area contributed by atoms with Crippen molar-refractivity contribution in [3.63, 3.8) is 0 Å². The Hall–Kier alpha value is -2.24. The number of aliphatic hydroxyl groups excluding tert-OH is 1. The summed E-state index contributed by atoms with van der Waals surface area (Å²) in [6.07, 6.45) is -0.961. The van der Waals surface area contributed by atoms with Crippen LogP contribution in [0.2, 0.25) is 0 Å². The molecule has 0 radical (unpaired) electrons. The van der Waals surface area contributed by atoms with Gasteiger partial charge in [-0.15, -0.1) is 11.3 Å². The monoisotopic (exact) mass is 313 g/mol. The van der Waals surface area contributed by atoms with E-state index in [0.717, 1.165) is 20.3 Å². The quantitative estimate of drug-likeness (QED) is 0.348. The first-order valence-corrected chi connectivity index (χ1v) is 7.72. The van der Waals surface area contributed by atoms with Crippen LogP contribution in [-0.4, -0.2) is 17.1 Å². The number of benzene rings is 2. The van der Waals surface area contributed by atoms with Gasteiger partial charge in [-0.2, -0.15) is 0 Å². The topological polar surface area (TPSA) is 58.9 Å². The minimum absolute atomic E-state index is 0.0236. The van der Waals surface area contributed by atoms with Gasteiger partial charge in [-0.1, -0.05) is 23.4 Å². The van der Waals surface area contributed by atoms with Gasteiger partial charge in [-0.3, -0.25) is 4.79 Å². The molecule has 1 aromatic heterocycles. The number of aliphatic hydroxyl groups is 1. The van der Waals surface area contributed by atoms with Crippen LogP contribution in [0, 0.1) is 0 Å². The molecule has 5 heteroatoms. The lowest BCUT2D eigenvalue weighted by Gasteiger charge is -2.06. The number of hydrogen-bond donors (Lipinski definition) is 1. The van der Waals surface area contributed by atoms with Crippen LogP contribution in [0.25, 0.3) is 20.2 Å². The Balaban J connectivity index is 2.17. The predicted octanol–water partition coefficient (Wildman–Crippen LogP) is 3.49. The second-order valence-corrected chi connectivity index (χ2v) is 6.10. The maximum Gasteiger partial charge on any atom is 0.221 e. The summed E-state index contributed by atoms with van der Waals surface area (Å²) in [7, 11) is 0. The van der Waals surface area contributed by atoms with Crippen molar-refractivity contribution in [2.75, 3.05) is 0 Å². The lowest BCUT2D eigenvalue weighted by Crippen LogP contribution is -2.06. The summed E-state index contributed by atoms with van der Waals surface area (Å²) in [4.78, 5) is 17.5. The van der Waals surface area contributed by atoms with E-state index in [1.54, 1.807) is 18.3 Å². The van der Waals surface area contributed by atoms with Crippen molar-refractivity contribution in [1.29, 1.82) is 0 Å². The third-order valence-electron chi connectivity index (χ3n) is 3.34. The second-order valence-electron chi connectivity index (χ2n) is 5.02. The van der Waals surface area contributed by atoms with Crippen molar-refractivity contribution in [3.8, 4) is 0 Å². The van der Waals surface area contributed by atoms with Gasteiger partial charge in [0.2, 0.25) is 6.29 Å². The van der Waals surface area contributed by atoms with Crippen LogP contribution in [0.1, 0.15) is 19.4 Å². The third-order valence-corrected chi connectivity index (χ3v) is 4.49. The first-order valence-electron chi connectivity index (χ1n) is 6.91. The number of fused-ring (bicyclic) bond motifs is 2. The van der Waals surface area contributed by atoms with Gasteiger partial charge in [-0.05, 0) is 36.8 Å². The molecule has 0 saturated heterocycles.